The summed E-state index contributed by atoms with van der Waals surface area (Å²) in [6.45, 7) is 4.21. The van der Waals surface area contributed by atoms with E-state index in [-0.39, 0.29) is 17.3 Å². The molecule has 7 nitrogen and oxygen atoms in total. The molecule has 1 saturated carbocycles. The van der Waals surface area contributed by atoms with E-state index in [0.29, 0.717) is 12.5 Å². The SMILES string of the molecule is COc1ccc(-c2nnc(S[C@@H](C)C(=O)NCC3CCCCC3)n2C[C@H]2CCCO2)cc1. The van der Waals surface area contributed by atoms with Crippen LogP contribution in [-0.4, -0.2) is 52.3 Å². The number of carbonyl (C=O) groups is 1. The highest BCUT2D eigenvalue weighted by Gasteiger charge is 2.25. The average Bonchev–Trinajstić information content (AvgIpc) is 3.49. The van der Waals surface area contributed by atoms with Gasteiger partial charge in [-0.2, -0.15) is 0 Å². The molecule has 2 aromatic rings. The molecule has 174 valence electrons. The van der Waals surface area contributed by atoms with E-state index >= 15 is 0 Å². The first-order chi connectivity index (χ1) is 15.6. The van der Waals surface area contributed by atoms with Gasteiger partial charge in [0.1, 0.15) is 5.75 Å². The zero-order valence-electron chi connectivity index (χ0n) is 19.1. The third kappa shape index (κ3) is 5.84. The van der Waals surface area contributed by atoms with Crippen molar-refractivity contribution in [3.8, 4) is 17.1 Å². The van der Waals surface area contributed by atoms with Gasteiger partial charge < -0.3 is 14.8 Å². The van der Waals surface area contributed by atoms with Gasteiger partial charge in [0.25, 0.3) is 0 Å². The summed E-state index contributed by atoms with van der Waals surface area (Å²) < 4.78 is 13.3. The minimum atomic E-state index is -0.241. The van der Waals surface area contributed by atoms with E-state index in [1.165, 1.54) is 43.9 Å². The zero-order chi connectivity index (χ0) is 22.3. The first kappa shape index (κ1) is 23.1. The topological polar surface area (TPSA) is 78.3 Å². The normalized spacial score (nSPS) is 20.2. The molecule has 8 heteroatoms. The van der Waals surface area contributed by atoms with E-state index in [9.17, 15) is 4.79 Å². The largest absolute Gasteiger partial charge is 0.497 e. The Labute approximate surface area is 194 Å². The van der Waals surface area contributed by atoms with Gasteiger partial charge in [-0.1, -0.05) is 31.0 Å². The van der Waals surface area contributed by atoms with Crippen molar-refractivity contribution < 1.29 is 14.3 Å². The molecular weight excluding hydrogens is 424 g/mol. The predicted molar refractivity (Wildman–Crippen MR) is 126 cm³/mol. The van der Waals surface area contributed by atoms with Crippen LogP contribution < -0.4 is 10.1 Å². The highest BCUT2D eigenvalue weighted by Crippen LogP contribution is 2.30. The zero-order valence-corrected chi connectivity index (χ0v) is 19.9. The Kier molecular flexibility index (Phi) is 8.08. The lowest BCUT2D eigenvalue weighted by Crippen LogP contribution is -2.35. The molecule has 2 fully saturated rings. The van der Waals surface area contributed by atoms with Crippen molar-refractivity contribution in [2.45, 2.75) is 74.9 Å². The fourth-order valence-electron chi connectivity index (χ4n) is 4.48. The molecule has 0 unspecified atom stereocenters. The first-order valence-electron chi connectivity index (χ1n) is 11.8. The second-order valence-electron chi connectivity index (χ2n) is 8.79. The number of nitrogens with one attached hydrogen (secondary N) is 1. The van der Waals surface area contributed by atoms with Crippen LogP contribution in [0.1, 0.15) is 51.9 Å². The Bertz CT molecular complexity index is 874. The lowest BCUT2D eigenvalue weighted by Gasteiger charge is -2.22. The summed E-state index contributed by atoms with van der Waals surface area (Å²) in [5.41, 5.74) is 0.970. The molecule has 2 aliphatic rings. The number of methoxy groups -OCH3 is 1. The van der Waals surface area contributed by atoms with Crippen LogP contribution in [-0.2, 0) is 16.1 Å². The van der Waals surface area contributed by atoms with Gasteiger partial charge in [0, 0.05) is 18.7 Å². The van der Waals surface area contributed by atoms with Crippen molar-refractivity contribution in [2.24, 2.45) is 5.92 Å². The van der Waals surface area contributed by atoms with Gasteiger partial charge in [0.2, 0.25) is 5.91 Å². The smallest absolute Gasteiger partial charge is 0.233 e. The average molecular weight is 459 g/mol. The van der Waals surface area contributed by atoms with Crippen LogP contribution in [0, 0.1) is 5.92 Å². The first-order valence-corrected chi connectivity index (χ1v) is 12.7. The molecule has 2 heterocycles. The number of aromatic nitrogens is 3. The third-order valence-corrected chi connectivity index (χ3v) is 7.50. The van der Waals surface area contributed by atoms with Crippen molar-refractivity contribution in [3.05, 3.63) is 24.3 Å². The molecule has 1 aromatic carbocycles. The van der Waals surface area contributed by atoms with Crippen molar-refractivity contribution in [1.82, 2.24) is 20.1 Å². The van der Waals surface area contributed by atoms with E-state index in [1.807, 2.05) is 31.2 Å². The summed E-state index contributed by atoms with van der Waals surface area (Å²) in [7, 11) is 1.66. The molecule has 1 N–H and O–H groups in total. The molecule has 0 bridgehead atoms. The van der Waals surface area contributed by atoms with Crippen molar-refractivity contribution in [2.75, 3.05) is 20.3 Å². The predicted octanol–water partition coefficient (Wildman–Crippen LogP) is 4.31. The molecule has 0 radical (unpaired) electrons. The molecule has 1 aromatic heterocycles. The van der Waals surface area contributed by atoms with E-state index in [4.69, 9.17) is 9.47 Å². The van der Waals surface area contributed by atoms with Gasteiger partial charge in [-0.25, -0.2) is 0 Å². The van der Waals surface area contributed by atoms with Gasteiger partial charge in [-0.3, -0.25) is 9.36 Å². The number of hydrogen-bond acceptors (Lipinski definition) is 6. The number of rotatable bonds is 9. The Morgan fingerprint density at radius 2 is 1.97 bits per heavy atom. The second-order valence-corrected chi connectivity index (χ2v) is 10.1. The molecule has 4 rings (SSSR count). The Balaban J connectivity index is 1.46. The number of nitrogens with zero attached hydrogens (tertiary/aromatic N) is 3. The summed E-state index contributed by atoms with van der Waals surface area (Å²) >= 11 is 1.47. The van der Waals surface area contributed by atoms with Crippen LogP contribution in [0.15, 0.2) is 29.4 Å². The standard InChI is InChI=1S/C24H34N4O3S/c1-17(23(29)25-15-18-7-4-3-5-8-18)32-24-27-26-22(19-10-12-20(30-2)13-11-19)28(24)16-21-9-6-14-31-21/h10-13,17-18,21H,3-9,14-16H2,1-2H3,(H,25,29)/t17-,21+/m0/s1. The molecule has 1 aliphatic carbocycles. The van der Waals surface area contributed by atoms with Gasteiger partial charge >= 0.3 is 0 Å². The maximum atomic E-state index is 12.8. The summed E-state index contributed by atoms with van der Waals surface area (Å²) in [4.78, 5) is 12.8. The molecule has 1 saturated heterocycles. The Morgan fingerprint density at radius 3 is 2.66 bits per heavy atom. The fraction of sp³-hybridized carbons (Fsp3) is 0.625. The van der Waals surface area contributed by atoms with Crippen LogP contribution in [0.5, 0.6) is 5.75 Å². The number of thioether (sulfide) groups is 1. The number of carbonyl (C=O) groups excluding carboxylic acids is 1. The molecule has 0 spiro atoms. The Morgan fingerprint density at radius 1 is 1.19 bits per heavy atom. The molecule has 1 amide bonds. The monoisotopic (exact) mass is 458 g/mol. The summed E-state index contributed by atoms with van der Waals surface area (Å²) in [5.74, 6) is 2.28. The second kappa shape index (κ2) is 11.2. The summed E-state index contributed by atoms with van der Waals surface area (Å²) in [6.07, 6.45) is 8.60. The number of amides is 1. The van der Waals surface area contributed by atoms with E-state index < -0.39 is 0 Å². The highest BCUT2D eigenvalue weighted by atomic mass is 32.2. The minimum Gasteiger partial charge on any atom is -0.497 e. The van der Waals surface area contributed by atoms with E-state index in [0.717, 1.165) is 48.3 Å². The lowest BCUT2D eigenvalue weighted by molar-refractivity contribution is -0.120. The summed E-state index contributed by atoms with van der Waals surface area (Å²) in [6, 6.07) is 7.83. The van der Waals surface area contributed by atoms with Gasteiger partial charge in [0.05, 0.1) is 25.0 Å². The fourth-order valence-corrected chi connectivity index (χ4v) is 5.36. The van der Waals surface area contributed by atoms with Crippen LogP contribution in [0.25, 0.3) is 11.4 Å². The van der Waals surface area contributed by atoms with Crippen LogP contribution in [0.2, 0.25) is 0 Å². The van der Waals surface area contributed by atoms with Gasteiger partial charge in [0.15, 0.2) is 11.0 Å². The van der Waals surface area contributed by atoms with Crippen LogP contribution in [0.3, 0.4) is 0 Å². The quantitative estimate of drug-likeness (QED) is 0.564. The van der Waals surface area contributed by atoms with Crippen LogP contribution >= 0.6 is 11.8 Å². The molecule has 2 atom stereocenters. The lowest BCUT2D eigenvalue weighted by atomic mass is 9.89. The van der Waals surface area contributed by atoms with Crippen molar-refractivity contribution in [1.29, 1.82) is 0 Å². The maximum Gasteiger partial charge on any atom is 0.233 e. The van der Waals surface area contributed by atoms with Gasteiger partial charge in [-0.05, 0) is 62.8 Å². The van der Waals surface area contributed by atoms with Crippen LogP contribution in [0.4, 0.5) is 0 Å². The number of benzene rings is 1. The van der Waals surface area contributed by atoms with E-state index in [2.05, 4.69) is 20.1 Å². The summed E-state index contributed by atoms with van der Waals surface area (Å²) in [5, 5.41) is 12.6. The maximum absolute atomic E-state index is 12.8. The van der Waals surface area contributed by atoms with Crippen molar-refractivity contribution >= 4 is 17.7 Å². The third-order valence-electron chi connectivity index (χ3n) is 6.42. The van der Waals surface area contributed by atoms with Crippen molar-refractivity contribution in [3.63, 3.8) is 0 Å². The van der Waals surface area contributed by atoms with E-state index in [1.54, 1.807) is 7.11 Å². The molecular formula is C24H34N4O3S. The number of ether oxygens (including phenoxy) is 2. The van der Waals surface area contributed by atoms with Gasteiger partial charge in [-0.15, -0.1) is 10.2 Å². The highest BCUT2D eigenvalue weighted by molar-refractivity contribution is 8.00. The molecule has 32 heavy (non-hydrogen) atoms. The molecule has 1 aliphatic heterocycles. The Hall–Kier alpha value is -2.06. The number of hydrogen-bond donors (Lipinski definition) is 1. The minimum absolute atomic E-state index is 0.0678.